The second-order valence-corrected chi connectivity index (χ2v) is 4.90. The SMILES string of the molecule is O=C(O)c1cccc2cc(CN3CCNCC3)[nH]c12. The van der Waals surface area contributed by atoms with Gasteiger partial charge in [-0.15, -0.1) is 0 Å². The normalized spacial score (nSPS) is 16.8. The van der Waals surface area contributed by atoms with E-state index in [2.05, 4.69) is 15.2 Å². The van der Waals surface area contributed by atoms with Gasteiger partial charge < -0.3 is 15.4 Å². The van der Waals surface area contributed by atoms with Crippen molar-refractivity contribution in [2.75, 3.05) is 26.2 Å². The van der Waals surface area contributed by atoms with Gasteiger partial charge in [0, 0.05) is 43.8 Å². The van der Waals surface area contributed by atoms with Gasteiger partial charge in [-0.1, -0.05) is 12.1 Å². The van der Waals surface area contributed by atoms with Crippen molar-refractivity contribution in [1.82, 2.24) is 15.2 Å². The zero-order valence-corrected chi connectivity index (χ0v) is 10.6. The standard InChI is InChI=1S/C14H17N3O2/c18-14(19)12-3-1-2-10-8-11(16-13(10)12)9-17-6-4-15-5-7-17/h1-3,8,15-16H,4-7,9H2,(H,18,19). The Balaban J connectivity index is 1.88. The lowest BCUT2D eigenvalue weighted by molar-refractivity contribution is 0.0699. The van der Waals surface area contributed by atoms with Gasteiger partial charge in [0.1, 0.15) is 0 Å². The lowest BCUT2D eigenvalue weighted by atomic mass is 10.1. The molecule has 0 spiro atoms. The van der Waals surface area contributed by atoms with Crippen LogP contribution < -0.4 is 5.32 Å². The summed E-state index contributed by atoms with van der Waals surface area (Å²) in [4.78, 5) is 16.8. The van der Waals surface area contributed by atoms with E-state index in [1.807, 2.05) is 12.1 Å². The molecule has 2 heterocycles. The zero-order valence-electron chi connectivity index (χ0n) is 10.6. The summed E-state index contributed by atoms with van der Waals surface area (Å²) in [6, 6.07) is 7.41. The Bertz CT molecular complexity index is 600. The van der Waals surface area contributed by atoms with Crippen LogP contribution in [0.5, 0.6) is 0 Å². The monoisotopic (exact) mass is 259 g/mol. The maximum absolute atomic E-state index is 11.2. The number of benzene rings is 1. The van der Waals surface area contributed by atoms with Gasteiger partial charge >= 0.3 is 5.97 Å². The van der Waals surface area contributed by atoms with E-state index >= 15 is 0 Å². The minimum Gasteiger partial charge on any atom is -0.478 e. The van der Waals surface area contributed by atoms with Crippen LogP contribution in [0.4, 0.5) is 0 Å². The Morgan fingerprint density at radius 3 is 2.84 bits per heavy atom. The summed E-state index contributed by atoms with van der Waals surface area (Å²) in [7, 11) is 0. The molecule has 0 radical (unpaired) electrons. The number of rotatable bonds is 3. The summed E-state index contributed by atoms with van der Waals surface area (Å²) >= 11 is 0. The van der Waals surface area contributed by atoms with E-state index in [0.29, 0.717) is 5.56 Å². The molecule has 19 heavy (non-hydrogen) atoms. The van der Waals surface area contributed by atoms with Crippen LogP contribution in [-0.2, 0) is 6.54 Å². The number of fused-ring (bicyclic) bond motifs is 1. The number of aromatic amines is 1. The molecular formula is C14H17N3O2. The highest BCUT2D eigenvalue weighted by Crippen LogP contribution is 2.20. The Labute approximate surface area is 111 Å². The highest BCUT2D eigenvalue weighted by molar-refractivity contribution is 6.02. The molecule has 0 saturated carbocycles. The van der Waals surface area contributed by atoms with E-state index in [0.717, 1.165) is 49.3 Å². The van der Waals surface area contributed by atoms with Crippen molar-refractivity contribution in [3.8, 4) is 0 Å². The number of nitrogens with zero attached hydrogens (tertiary/aromatic N) is 1. The molecule has 1 fully saturated rings. The van der Waals surface area contributed by atoms with Crippen LogP contribution in [0.15, 0.2) is 24.3 Å². The average Bonchev–Trinajstić information content (AvgIpc) is 2.81. The second kappa shape index (κ2) is 5.03. The van der Waals surface area contributed by atoms with Crippen LogP contribution >= 0.6 is 0 Å². The molecule has 5 heteroatoms. The van der Waals surface area contributed by atoms with Crippen LogP contribution in [-0.4, -0.2) is 47.1 Å². The Morgan fingerprint density at radius 1 is 1.32 bits per heavy atom. The number of hydrogen-bond donors (Lipinski definition) is 3. The van der Waals surface area contributed by atoms with Crippen molar-refractivity contribution >= 4 is 16.9 Å². The van der Waals surface area contributed by atoms with E-state index in [1.54, 1.807) is 12.1 Å². The molecule has 3 N–H and O–H groups in total. The van der Waals surface area contributed by atoms with E-state index in [9.17, 15) is 9.90 Å². The number of carbonyl (C=O) groups is 1. The molecule has 0 bridgehead atoms. The summed E-state index contributed by atoms with van der Waals surface area (Å²) in [5, 5.41) is 13.5. The summed E-state index contributed by atoms with van der Waals surface area (Å²) in [6.45, 7) is 4.93. The van der Waals surface area contributed by atoms with Gasteiger partial charge in [0.05, 0.1) is 11.1 Å². The van der Waals surface area contributed by atoms with Crippen LogP contribution in [0.1, 0.15) is 16.1 Å². The van der Waals surface area contributed by atoms with Gasteiger partial charge in [0.15, 0.2) is 0 Å². The molecule has 1 aromatic carbocycles. The number of piperazine rings is 1. The number of carboxylic acids is 1. The molecular weight excluding hydrogens is 242 g/mol. The third-order valence-electron chi connectivity index (χ3n) is 3.55. The fraction of sp³-hybridized carbons (Fsp3) is 0.357. The largest absolute Gasteiger partial charge is 0.478 e. The van der Waals surface area contributed by atoms with Crippen LogP contribution in [0, 0.1) is 0 Å². The zero-order chi connectivity index (χ0) is 13.2. The number of para-hydroxylation sites is 1. The summed E-state index contributed by atoms with van der Waals surface area (Å²) in [6.07, 6.45) is 0. The summed E-state index contributed by atoms with van der Waals surface area (Å²) in [5.41, 5.74) is 2.13. The minimum atomic E-state index is -0.888. The van der Waals surface area contributed by atoms with Crippen molar-refractivity contribution in [2.24, 2.45) is 0 Å². The Morgan fingerprint density at radius 2 is 2.11 bits per heavy atom. The first-order valence-electron chi connectivity index (χ1n) is 6.51. The van der Waals surface area contributed by atoms with Crippen molar-refractivity contribution in [1.29, 1.82) is 0 Å². The molecule has 2 aromatic rings. The molecule has 100 valence electrons. The Kier molecular flexibility index (Phi) is 3.23. The highest BCUT2D eigenvalue weighted by Gasteiger charge is 2.14. The molecule has 0 atom stereocenters. The van der Waals surface area contributed by atoms with Gasteiger partial charge in [-0.05, 0) is 12.1 Å². The smallest absolute Gasteiger partial charge is 0.337 e. The number of nitrogens with one attached hydrogen (secondary N) is 2. The van der Waals surface area contributed by atoms with Gasteiger partial charge in [-0.25, -0.2) is 4.79 Å². The quantitative estimate of drug-likeness (QED) is 0.776. The number of carboxylic acid groups (broad SMARTS) is 1. The Hall–Kier alpha value is -1.85. The van der Waals surface area contributed by atoms with Crippen LogP contribution in [0.25, 0.3) is 10.9 Å². The fourth-order valence-corrected chi connectivity index (χ4v) is 2.59. The van der Waals surface area contributed by atoms with E-state index in [1.165, 1.54) is 0 Å². The minimum absolute atomic E-state index is 0.337. The molecule has 1 aliphatic heterocycles. The third-order valence-corrected chi connectivity index (χ3v) is 3.55. The topological polar surface area (TPSA) is 68.4 Å². The molecule has 1 aromatic heterocycles. The van der Waals surface area contributed by atoms with Gasteiger partial charge in [0.25, 0.3) is 0 Å². The summed E-state index contributed by atoms with van der Waals surface area (Å²) < 4.78 is 0. The van der Waals surface area contributed by atoms with Crippen LogP contribution in [0.2, 0.25) is 0 Å². The molecule has 0 aliphatic carbocycles. The lowest BCUT2D eigenvalue weighted by Crippen LogP contribution is -2.42. The van der Waals surface area contributed by atoms with Gasteiger partial charge in [-0.2, -0.15) is 0 Å². The van der Waals surface area contributed by atoms with Crippen molar-refractivity contribution in [2.45, 2.75) is 6.54 Å². The second-order valence-electron chi connectivity index (χ2n) is 4.90. The predicted octanol–water partition coefficient (Wildman–Crippen LogP) is 1.27. The number of aromatic carboxylic acids is 1. The molecule has 0 unspecified atom stereocenters. The number of H-pyrrole nitrogens is 1. The van der Waals surface area contributed by atoms with Crippen molar-refractivity contribution in [3.63, 3.8) is 0 Å². The molecule has 1 aliphatic rings. The van der Waals surface area contributed by atoms with Gasteiger partial charge in [-0.3, -0.25) is 4.90 Å². The molecule has 0 amide bonds. The summed E-state index contributed by atoms with van der Waals surface area (Å²) in [5.74, 6) is -0.888. The fourth-order valence-electron chi connectivity index (χ4n) is 2.59. The van der Waals surface area contributed by atoms with Crippen molar-refractivity contribution < 1.29 is 9.90 Å². The van der Waals surface area contributed by atoms with E-state index in [-0.39, 0.29) is 0 Å². The maximum Gasteiger partial charge on any atom is 0.337 e. The first-order valence-corrected chi connectivity index (χ1v) is 6.51. The third kappa shape index (κ3) is 2.47. The van der Waals surface area contributed by atoms with E-state index in [4.69, 9.17) is 0 Å². The number of aromatic nitrogens is 1. The molecule has 5 nitrogen and oxygen atoms in total. The van der Waals surface area contributed by atoms with Gasteiger partial charge in [0.2, 0.25) is 0 Å². The molecule has 3 rings (SSSR count). The number of hydrogen-bond acceptors (Lipinski definition) is 3. The molecule has 1 saturated heterocycles. The van der Waals surface area contributed by atoms with Crippen LogP contribution in [0.3, 0.4) is 0 Å². The highest BCUT2D eigenvalue weighted by atomic mass is 16.4. The average molecular weight is 259 g/mol. The van der Waals surface area contributed by atoms with E-state index < -0.39 is 5.97 Å². The first kappa shape index (κ1) is 12.2. The first-order chi connectivity index (χ1) is 9.24. The lowest BCUT2D eigenvalue weighted by Gasteiger charge is -2.26. The van der Waals surface area contributed by atoms with Crippen molar-refractivity contribution in [3.05, 3.63) is 35.5 Å². The predicted molar refractivity (Wildman–Crippen MR) is 73.4 cm³/mol. The maximum atomic E-state index is 11.2.